The molecule has 1 aliphatic heterocycles. The lowest BCUT2D eigenvalue weighted by Gasteiger charge is -2.36. The molecule has 1 aliphatic rings. The lowest BCUT2D eigenvalue weighted by Crippen LogP contribution is -2.49. The summed E-state index contributed by atoms with van der Waals surface area (Å²) in [6.07, 6.45) is 0. The summed E-state index contributed by atoms with van der Waals surface area (Å²) in [5.41, 5.74) is 5.81. The summed E-state index contributed by atoms with van der Waals surface area (Å²) in [7, 11) is 1.78. The van der Waals surface area contributed by atoms with Crippen molar-refractivity contribution in [3.05, 3.63) is 22.4 Å². The molecule has 0 radical (unpaired) electrons. The Balaban J connectivity index is 0.00000364. The number of ether oxygens (including phenoxy) is 1. The number of nitrogens with two attached hydrogens (primary N) is 1. The molecule has 2 rings (SSSR count). The van der Waals surface area contributed by atoms with Gasteiger partial charge in [-0.25, -0.2) is 0 Å². The first-order chi connectivity index (χ1) is 12.4. The van der Waals surface area contributed by atoms with Crippen LogP contribution < -0.4 is 11.1 Å². The molecule has 162 valence electrons. The highest BCUT2D eigenvalue weighted by atomic mass is 35.5. The van der Waals surface area contributed by atoms with Gasteiger partial charge in [0.05, 0.1) is 31.8 Å². The molecule has 2 atom stereocenters. The van der Waals surface area contributed by atoms with E-state index in [1.54, 1.807) is 23.3 Å². The lowest BCUT2D eigenvalue weighted by atomic mass is 10.1. The molecule has 2 amide bonds. The van der Waals surface area contributed by atoms with Crippen molar-refractivity contribution in [3.8, 4) is 0 Å². The summed E-state index contributed by atoms with van der Waals surface area (Å²) < 4.78 is 5.45. The largest absolute Gasteiger partial charge is 0.379 e. The van der Waals surface area contributed by atoms with Crippen LogP contribution in [0.25, 0.3) is 0 Å². The van der Waals surface area contributed by atoms with Crippen LogP contribution in [0.15, 0.2) is 17.5 Å². The van der Waals surface area contributed by atoms with E-state index in [-0.39, 0.29) is 55.1 Å². The summed E-state index contributed by atoms with van der Waals surface area (Å²) >= 11 is 1.70. The van der Waals surface area contributed by atoms with E-state index in [4.69, 9.17) is 10.5 Å². The molecule has 0 aromatic carbocycles. The molecule has 1 aromatic heterocycles. The van der Waals surface area contributed by atoms with Gasteiger partial charge in [-0.2, -0.15) is 0 Å². The molecular weight excluding hydrogens is 423 g/mol. The third-order valence-electron chi connectivity index (χ3n) is 4.67. The first-order valence-corrected chi connectivity index (χ1v) is 9.90. The maximum Gasteiger partial charge on any atom is 0.241 e. The molecule has 1 unspecified atom stereocenters. The Bertz CT molecular complexity index is 583. The van der Waals surface area contributed by atoms with E-state index >= 15 is 0 Å². The second-order valence-corrected chi connectivity index (χ2v) is 7.92. The van der Waals surface area contributed by atoms with Crippen molar-refractivity contribution in [1.29, 1.82) is 0 Å². The molecule has 7 nitrogen and oxygen atoms in total. The fraction of sp³-hybridized carbons (Fsp3) is 0.667. The predicted octanol–water partition coefficient (Wildman–Crippen LogP) is 1.52. The Morgan fingerprint density at radius 3 is 2.50 bits per heavy atom. The summed E-state index contributed by atoms with van der Waals surface area (Å²) in [5, 5.41) is 4.70. The summed E-state index contributed by atoms with van der Waals surface area (Å²) in [6.45, 7) is 7.43. The highest BCUT2D eigenvalue weighted by molar-refractivity contribution is 7.10. The Kier molecular flexibility index (Phi) is 12.9. The monoisotopic (exact) mass is 454 g/mol. The standard InChI is InChI=1S/C18H30N4O3S.2ClH/c1-13(2)17(19)18(24)20-11-16(23)21(3)12-14(15-5-4-10-26-15)22-6-8-25-9-7-22;;/h4-5,10,13-14,17H,6-9,11-12,19H2,1-3H3,(H,20,24);2*1H/t14?,17-;;/m0../s1. The number of halogens is 2. The second kappa shape index (κ2) is 13.3. The van der Waals surface area contributed by atoms with E-state index in [2.05, 4.69) is 21.7 Å². The molecule has 1 fully saturated rings. The molecule has 2 heterocycles. The van der Waals surface area contributed by atoms with Gasteiger partial charge in [0.1, 0.15) is 0 Å². The van der Waals surface area contributed by atoms with Gasteiger partial charge in [0, 0.05) is 31.6 Å². The van der Waals surface area contributed by atoms with Gasteiger partial charge in [-0.15, -0.1) is 36.2 Å². The lowest BCUT2D eigenvalue weighted by molar-refractivity contribution is -0.133. The molecule has 3 N–H and O–H groups in total. The number of amides is 2. The Morgan fingerprint density at radius 1 is 1.32 bits per heavy atom. The fourth-order valence-corrected chi connectivity index (χ4v) is 3.69. The Hall–Kier alpha value is -0.900. The van der Waals surface area contributed by atoms with Gasteiger partial charge in [-0.3, -0.25) is 14.5 Å². The third-order valence-corrected chi connectivity index (χ3v) is 5.64. The van der Waals surface area contributed by atoms with E-state index in [0.29, 0.717) is 19.8 Å². The topological polar surface area (TPSA) is 87.9 Å². The molecule has 0 saturated carbocycles. The van der Waals surface area contributed by atoms with E-state index in [1.165, 1.54) is 4.88 Å². The number of nitrogens with zero attached hydrogens (tertiary/aromatic N) is 2. The van der Waals surface area contributed by atoms with E-state index in [1.807, 2.05) is 19.9 Å². The summed E-state index contributed by atoms with van der Waals surface area (Å²) in [4.78, 5) is 29.7. The van der Waals surface area contributed by atoms with Crippen LogP contribution >= 0.6 is 36.2 Å². The van der Waals surface area contributed by atoms with Gasteiger partial charge in [0.2, 0.25) is 11.8 Å². The van der Waals surface area contributed by atoms with Crippen LogP contribution in [0, 0.1) is 5.92 Å². The maximum atomic E-state index is 12.5. The molecule has 0 aliphatic carbocycles. The van der Waals surface area contributed by atoms with E-state index < -0.39 is 6.04 Å². The van der Waals surface area contributed by atoms with Crippen LogP contribution in [-0.4, -0.2) is 74.1 Å². The Morgan fingerprint density at radius 2 is 1.96 bits per heavy atom. The molecule has 0 spiro atoms. The average Bonchev–Trinajstić information content (AvgIpc) is 3.17. The molecule has 28 heavy (non-hydrogen) atoms. The van der Waals surface area contributed by atoms with Crippen molar-refractivity contribution in [2.45, 2.75) is 25.9 Å². The van der Waals surface area contributed by atoms with Gasteiger partial charge in [0.15, 0.2) is 0 Å². The van der Waals surface area contributed by atoms with E-state index in [9.17, 15) is 9.59 Å². The van der Waals surface area contributed by atoms with Crippen LogP contribution in [0.2, 0.25) is 0 Å². The quantitative estimate of drug-likeness (QED) is 0.621. The third kappa shape index (κ3) is 7.85. The molecule has 1 saturated heterocycles. The zero-order chi connectivity index (χ0) is 19.1. The summed E-state index contributed by atoms with van der Waals surface area (Å²) in [5.74, 6) is -0.374. The predicted molar refractivity (Wildman–Crippen MR) is 117 cm³/mol. The zero-order valence-corrected chi connectivity index (χ0v) is 19.1. The summed E-state index contributed by atoms with van der Waals surface area (Å²) in [6, 6.07) is 3.68. The minimum atomic E-state index is -0.597. The zero-order valence-electron chi connectivity index (χ0n) is 16.6. The first kappa shape index (κ1) is 27.1. The van der Waals surface area contributed by atoms with Gasteiger partial charge in [0.25, 0.3) is 0 Å². The fourth-order valence-electron chi connectivity index (χ4n) is 2.83. The number of carbonyl (C=O) groups is 2. The van der Waals surface area contributed by atoms with Crippen molar-refractivity contribution in [1.82, 2.24) is 15.1 Å². The molecule has 10 heteroatoms. The molecular formula is C18H32Cl2N4O3S. The minimum Gasteiger partial charge on any atom is -0.379 e. The van der Waals surface area contributed by atoms with Crippen molar-refractivity contribution >= 4 is 48.0 Å². The van der Waals surface area contributed by atoms with Crippen molar-refractivity contribution in [2.24, 2.45) is 11.7 Å². The minimum absolute atomic E-state index is 0. The molecule has 0 bridgehead atoms. The SMILES string of the molecule is CC(C)[C@H](N)C(=O)NCC(=O)N(C)CC(c1cccs1)N1CCOCC1.Cl.Cl. The van der Waals surface area contributed by atoms with Gasteiger partial charge < -0.3 is 20.7 Å². The van der Waals surface area contributed by atoms with Gasteiger partial charge in [-0.05, 0) is 17.4 Å². The second-order valence-electron chi connectivity index (χ2n) is 6.94. The van der Waals surface area contributed by atoms with Crippen molar-refractivity contribution in [3.63, 3.8) is 0 Å². The van der Waals surface area contributed by atoms with E-state index in [0.717, 1.165) is 13.1 Å². The number of thiophene rings is 1. The van der Waals surface area contributed by atoms with Crippen LogP contribution in [0.4, 0.5) is 0 Å². The van der Waals surface area contributed by atoms with Gasteiger partial charge in [-0.1, -0.05) is 19.9 Å². The first-order valence-electron chi connectivity index (χ1n) is 9.02. The Labute approximate surface area is 183 Å². The normalized spacial score (nSPS) is 16.5. The van der Waals surface area contributed by atoms with Crippen LogP contribution in [0.5, 0.6) is 0 Å². The number of likely N-dealkylation sites (N-methyl/N-ethyl adjacent to an activating group) is 1. The molecule has 1 aromatic rings. The van der Waals surface area contributed by atoms with Crippen LogP contribution in [0.3, 0.4) is 0 Å². The van der Waals surface area contributed by atoms with Crippen LogP contribution in [0.1, 0.15) is 24.8 Å². The smallest absolute Gasteiger partial charge is 0.241 e. The number of rotatable bonds is 8. The highest BCUT2D eigenvalue weighted by Crippen LogP contribution is 2.26. The number of nitrogens with one attached hydrogen (secondary N) is 1. The van der Waals surface area contributed by atoms with Crippen molar-refractivity contribution < 1.29 is 14.3 Å². The van der Waals surface area contributed by atoms with Crippen molar-refractivity contribution in [2.75, 3.05) is 46.4 Å². The number of morpholine rings is 1. The average molecular weight is 455 g/mol. The maximum absolute atomic E-state index is 12.5. The van der Waals surface area contributed by atoms with Gasteiger partial charge >= 0.3 is 0 Å². The number of hydrogen-bond acceptors (Lipinski definition) is 6. The number of hydrogen-bond donors (Lipinski definition) is 2. The number of carbonyl (C=O) groups excluding carboxylic acids is 2. The van der Waals surface area contributed by atoms with Crippen LogP contribution in [-0.2, 0) is 14.3 Å². The highest BCUT2D eigenvalue weighted by Gasteiger charge is 2.26.